The highest BCUT2D eigenvalue weighted by molar-refractivity contribution is 4.97. The lowest BCUT2D eigenvalue weighted by atomic mass is 9.77. The molecule has 4 aliphatic rings. The maximum Gasteiger partial charge on any atom is 0.0881 e. The quantitative estimate of drug-likeness (QED) is 0.544. The van der Waals surface area contributed by atoms with E-state index in [-0.39, 0.29) is 0 Å². The van der Waals surface area contributed by atoms with Crippen LogP contribution in [0.1, 0.15) is 19.8 Å². The second-order valence-corrected chi connectivity index (χ2v) is 4.61. The van der Waals surface area contributed by atoms with Crippen molar-refractivity contribution < 1.29 is 4.74 Å². The molecule has 0 radical (unpaired) electrons. The lowest BCUT2D eigenvalue weighted by Crippen LogP contribution is -2.49. The first-order chi connectivity index (χ1) is 5.84. The minimum absolute atomic E-state index is 0.565. The van der Waals surface area contributed by atoms with E-state index in [1.165, 1.54) is 32.5 Å². The van der Waals surface area contributed by atoms with Crippen LogP contribution in [0.3, 0.4) is 0 Å². The molecule has 2 bridgehead atoms. The van der Waals surface area contributed by atoms with E-state index in [0.717, 1.165) is 11.8 Å². The number of hydrogen-bond donors (Lipinski definition) is 0. The third-order valence-electron chi connectivity index (χ3n) is 3.89. The standard InChI is InChI=1S/C10H17NO/c1-7-10(12-7)9-6-11-4-2-8(9)3-5-11/h7-10H,2-6H2,1H3. The van der Waals surface area contributed by atoms with Crippen molar-refractivity contribution in [3.8, 4) is 0 Å². The SMILES string of the molecule is CC1OC1C1CN2CCC1CC2. The Morgan fingerprint density at radius 2 is 1.92 bits per heavy atom. The Bertz CT molecular complexity index is 186. The highest BCUT2D eigenvalue weighted by Gasteiger charge is 2.48. The summed E-state index contributed by atoms with van der Waals surface area (Å²) in [7, 11) is 0. The molecular formula is C10H17NO. The third-order valence-corrected chi connectivity index (χ3v) is 3.89. The molecule has 3 unspecified atom stereocenters. The molecule has 0 N–H and O–H groups in total. The topological polar surface area (TPSA) is 15.8 Å². The zero-order chi connectivity index (χ0) is 8.13. The first kappa shape index (κ1) is 7.34. The highest BCUT2D eigenvalue weighted by Crippen LogP contribution is 2.41. The molecule has 68 valence electrons. The molecule has 0 saturated carbocycles. The van der Waals surface area contributed by atoms with Crippen molar-refractivity contribution in [2.75, 3.05) is 19.6 Å². The van der Waals surface area contributed by atoms with Crippen molar-refractivity contribution in [2.24, 2.45) is 11.8 Å². The average Bonchev–Trinajstić information content (AvgIpc) is 2.85. The van der Waals surface area contributed by atoms with Crippen LogP contribution in [-0.2, 0) is 4.74 Å². The number of hydrogen-bond acceptors (Lipinski definition) is 2. The summed E-state index contributed by atoms with van der Waals surface area (Å²) in [4.78, 5) is 2.61. The van der Waals surface area contributed by atoms with Gasteiger partial charge in [-0.15, -0.1) is 0 Å². The van der Waals surface area contributed by atoms with Gasteiger partial charge in [0, 0.05) is 12.5 Å². The van der Waals surface area contributed by atoms with Gasteiger partial charge < -0.3 is 9.64 Å². The van der Waals surface area contributed by atoms with Crippen molar-refractivity contribution in [1.29, 1.82) is 0 Å². The number of fused-ring (bicyclic) bond motifs is 3. The Morgan fingerprint density at radius 3 is 2.33 bits per heavy atom. The fourth-order valence-corrected chi connectivity index (χ4v) is 3.03. The smallest absolute Gasteiger partial charge is 0.0881 e. The molecule has 4 rings (SSSR count). The fraction of sp³-hybridized carbons (Fsp3) is 1.00. The molecule has 4 saturated heterocycles. The van der Waals surface area contributed by atoms with Crippen LogP contribution in [0.5, 0.6) is 0 Å². The first-order valence-electron chi connectivity index (χ1n) is 5.22. The molecule has 2 heteroatoms. The maximum absolute atomic E-state index is 5.58. The zero-order valence-corrected chi connectivity index (χ0v) is 7.70. The van der Waals surface area contributed by atoms with Gasteiger partial charge in [0.1, 0.15) is 0 Å². The van der Waals surface area contributed by atoms with Gasteiger partial charge in [0.05, 0.1) is 12.2 Å². The van der Waals surface area contributed by atoms with Crippen LogP contribution in [0.25, 0.3) is 0 Å². The second kappa shape index (κ2) is 2.46. The van der Waals surface area contributed by atoms with E-state index in [2.05, 4.69) is 11.8 Å². The summed E-state index contributed by atoms with van der Waals surface area (Å²) in [5, 5.41) is 0. The predicted molar refractivity (Wildman–Crippen MR) is 47.0 cm³/mol. The van der Waals surface area contributed by atoms with E-state index in [4.69, 9.17) is 4.74 Å². The van der Waals surface area contributed by atoms with Crippen LogP contribution in [0, 0.1) is 11.8 Å². The monoisotopic (exact) mass is 167 g/mol. The predicted octanol–water partition coefficient (Wildman–Crippen LogP) is 1.12. The molecule has 0 spiro atoms. The Kier molecular flexibility index (Phi) is 1.50. The van der Waals surface area contributed by atoms with Crippen LogP contribution < -0.4 is 0 Å². The highest BCUT2D eigenvalue weighted by atomic mass is 16.6. The van der Waals surface area contributed by atoms with Gasteiger partial charge in [-0.05, 0) is 38.8 Å². The van der Waals surface area contributed by atoms with E-state index in [1.54, 1.807) is 0 Å². The summed E-state index contributed by atoms with van der Waals surface area (Å²) in [5.74, 6) is 1.87. The fourth-order valence-electron chi connectivity index (χ4n) is 3.03. The second-order valence-electron chi connectivity index (χ2n) is 4.61. The maximum atomic E-state index is 5.58. The molecule has 0 aromatic heterocycles. The molecular weight excluding hydrogens is 150 g/mol. The number of ether oxygens (including phenoxy) is 1. The van der Waals surface area contributed by atoms with E-state index < -0.39 is 0 Å². The molecule has 0 aromatic rings. The Balaban J connectivity index is 1.72. The summed E-state index contributed by atoms with van der Waals surface area (Å²) in [6.07, 6.45) is 4.04. The van der Waals surface area contributed by atoms with E-state index in [9.17, 15) is 0 Å². The van der Waals surface area contributed by atoms with Gasteiger partial charge in [-0.1, -0.05) is 0 Å². The lowest BCUT2D eigenvalue weighted by Gasteiger charge is -2.44. The van der Waals surface area contributed by atoms with Gasteiger partial charge in [-0.25, -0.2) is 0 Å². The molecule has 4 fully saturated rings. The van der Waals surface area contributed by atoms with Crippen molar-refractivity contribution in [3.63, 3.8) is 0 Å². The average molecular weight is 167 g/mol. The van der Waals surface area contributed by atoms with Crippen molar-refractivity contribution >= 4 is 0 Å². The van der Waals surface area contributed by atoms with Crippen LogP contribution in [0.15, 0.2) is 0 Å². The Morgan fingerprint density at radius 1 is 1.25 bits per heavy atom. The molecule has 0 aliphatic carbocycles. The van der Waals surface area contributed by atoms with Crippen molar-refractivity contribution in [1.82, 2.24) is 4.90 Å². The van der Waals surface area contributed by atoms with Crippen molar-refractivity contribution in [2.45, 2.75) is 32.0 Å². The lowest BCUT2D eigenvalue weighted by molar-refractivity contribution is 0.0361. The van der Waals surface area contributed by atoms with Crippen LogP contribution >= 0.6 is 0 Å². The van der Waals surface area contributed by atoms with Crippen LogP contribution in [0.2, 0.25) is 0 Å². The normalized spacial score (nSPS) is 57.2. The molecule has 12 heavy (non-hydrogen) atoms. The summed E-state index contributed by atoms with van der Waals surface area (Å²) < 4.78 is 5.58. The van der Waals surface area contributed by atoms with Gasteiger partial charge in [-0.3, -0.25) is 0 Å². The molecule has 2 nitrogen and oxygen atoms in total. The van der Waals surface area contributed by atoms with Crippen LogP contribution in [0.4, 0.5) is 0 Å². The van der Waals surface area contributed by atoms with Gasteiger partial charge >= 0.3 is 0 Å². The number of nitrogens with zero attached hydrogens (tertiary/aromatic N) is 1. The summed E-state index contributed by atoms with van der Waals surface area (Å²) in [6.45, 7) is 6.23. The van der Waals surface area contributed by atoms with E-state index >= 15 is 0 Å². The molecule has 0 amide bonds. The number of piperidine rings is 3. The number of epoxide rings is 1. The minimum Gasteiger partial charge on any atom is -0.370 e. The first-order valence-corrected chi connectivity index (χ1v) is 5.22. The zero-order valence-electron chi connectivity index (χ0n) is 7.70. The van der Waals surface area contributed by atoms with E-state index in [0.29, 0.717) is 12.2 Å². The van der Waals surface area contributed by atoms with Gasteiger partial charge in [-0.2, -0.15) is 0 Å². The minimum atomic E-state index is 0.565. The summed E-state index contributed by atoms with van der Waals surface area (Å²) in [6, 6.07) is 0. The Labute approximate surface area is 73.9 Å². The molecule has 4 heterocycles. The van der Waals surface area contributed by atoms with Gasteiger partial charge in [0.25, 0.3) is 0 Å². The largest absolute Gasteiger partial charge is 0.370 e. The summed E-state index contributed by atoms with van der Waals surface area (Å²) in [5.41, 5.74) is 0. The summed E-state index contributed by atoms with van der Waals surface area (Å²) >= 11 is 0. The van der Waals surface area contributed by atoms with Gasteiger partial charge in [0.15, 0.2) is 0 Å². The van der Waals surface area contributed by atoms with Crippen LogP contribution in [-0.4, -0.2) is 36.7 Å². The Hall–Kier alpha value is -0.0800. The van der Waals surface area contributed by atoms with E-state index in [1.807, 2.05) is 0 Å². The van der Waals surface area contributed by atoms with Crippen molar-refractivity contribution in [3.05, 3.63) is 0 Å². The number of rotatable bonds is 1. The molecule has 4 aliphatic heterocycles. The molecule has 3 atom stereocenters. The molecule has 0 aromatic carbocycles. The van der Waals surface area contributed by atoms with Gasteiger partial charge in [0.2, 0.25) is 0 Å². The third kappa shape index (κ3) is 1.01.